The molecular weight excluding hydrogens is 444 g/mol. The zero-order valence-corrected chi connectivity index (χ0v) is 18.8. The number of amides is 2. The minimum Gasteiger partial charge on any atom is -0.454 e. The Morgan fingerprint density at radius 1 is 1.00 bits per heavy atom. The van der Waals surface area contributed by atoms with E-state index >= 15 is 0 Å². The van der Waals surface area contributed by atoms with Crippen molar-refractivity contribution in [2.24, 2.45) is 0 Å². The van der Waals surface area contributed by atoms with Gasteiger partial charge in [-0.15, -0.1) is 0 Å². The molecule has 8 nitrogen and oxygen atoms in total. The van der Waals surface area contributed by atoms with E-state index in [1.165, 1.54) is 0 Å². The smallest absolute Gasteiger partial charge is 0.246 e. The SMILES string of the molecule is O=C1C2Cc3c([nH]c4ccccc34)C(c3ccc4c(c3)OCO4)N2C(=O)CN1Cc1ccncc1. The lowest BCUT2D eigenvalue weighted by molar-refractivity contribution is -0.159. The number of hydrogen-bond donors (Lipinski definition) is 1. The molecule has 2 atom stereocenters. The zero-order valence-electron chi connectivity index (χ0n) is 18.8. The van der Waals surface area contributed by atoms with Gasteiger partial charge in [0.05, 0.1) is 6.04 Å². The van der Waals surface area contributed by atoms with Crippen molar-refractivity contribution in [2.45, 2.75) is 25.0 Å². The van der Waals surface area contributed by atoms with Crippen LogP contribution < -0.4 is 9.47 Å². The largest absolute Gasteiger partial charge is 0.454 e. The summed E-state index contributed by atoms with van der Waals surface area (Å²) in [7, 11) is 0. The molecule has 3 aliphatic rings. The van der Waals surface area contributed by atoms with Crippen LogP contribution in [0.5, 0.6) is 11.5 Å². The highest BCUT2D eigenvalue weighted by Gasteiger charge is 2.48. The van der Waals surface area contributed by atoms with E-state index in [4.69, 9.17) is 9.47 Å². The van der Waals surface area contributed by atoms with Crippen LogP contribution in [-0.2, 0) is 22.6 Å². The summed E-state index contributed by atoms with van der Waals surface area (Å²) in [6.07, 6.45) is 3.87. The van der Waals surface area contributed by atoms with Gasteiger partial charge in [-0.1, -0.05) is 24.3 Å². The Bertz CT molecular complexity index is 1480. The number of pyridine rings is 1. The van der Waals surface area contributed by atoms with Crippen LogP contribution in [0.4, 0.5) is 0 Å². The van der Waals surface area contributed by atoms with E-state index in [0.29, 0.717) is 24.5 Å². The number of H-pyrrole nitrogens is 1. The summed E-state index contributed by atoms with van der Waals surface area (Å²) in [4.78, 5) is 38.5. The summed E-state index contributed by atoms with van der Waals surface area (Å²) >= 11 is 0. The number of fused-ring (bicyclic) bond motifs is 5. The van der Waals surface area contributed by atoms with Gasteiger partial charge in [0.1, 0.15) is 12.6 Å². The van der Waals surface area contributed by atoms with Crippen LogP contribution >= 0.6 is 0 Å². The van der Waals surface area contributed by atoms with Gasteiger partial charge in [0.25, 0.3) is 0 Å². The summed E-state index contributed by atoms with van der Waals surface area (Å²) in [6.45, 7) is 0.593. The summed E-state index contributed by atoms with van der Waals surface area (Å²) in [5.74, 6) is 1.22. The molecule has 0 bridgehead atoms. The number of carbonyl (C=O) groups excluding carboxylic acids is 2. The number of hydrogen-bond acceptors (Lipinski definition) is 5. The number of rotatable bonds is 3. The molecule has 4 aromatic rings. The van der Waals surface area contributed by atoms with E-state index in [1.807, 2.05) is 48.5 Å². The second kappa shape index (κ2) is 7.59. The molecule has 1 fully saturated rings. The van der Waals surface area contributed by atoms with Crippen molar-refractivity contribution in [1.29, 1.82) is 0 Å². The minimum atomic E-state index is -0.583. The minimum absolute atomic E-state index is 0.0360. The number of piperazine rings is 1. The van der Waals surface area contributed by atoms with Gasteiger partial charge in [0, 0.05) is 42.0 Å². The molecule has 0 saturated carbocycles. The van der Waals surface area contributed by atoms with Gasteiger partial charge >= 0.3 is 0 Å². The second-order valence-electron chi connectivity index (χ2n) is 9.15. The van der Waals surface area contributed by atoms with Crippen molar-refractivity contribution < 1.29 is 19.1 Å². The van der Waals surface area contributed by atoms with Crippen molar-refractivity contribution in [3.05, 3.63) is 89.4 Å². The molecule has 0 radical (unpaired) electrons. The van der Waals surface area contributed by atoms with Gasteiger partial charge in [-0.3, -0.25) is 14.6 Å². The van der Waals surface area contributed by atoms with Crippen LogP contribution in [-0.4, -0.2) is 51.0 Å². The molecule has 5 heterocycles. The van der Waals surface area contributed by atoms with Gasteiger partial charge in [0.2, 0.25) is 18.6 Å². The van der Waals surface area contributed by atoms with Gasteiger partial charge in [-0.05, 0) is 47.0 Å². The molecule has 0 spiro atoms. The average Bonchev–Trinajstić information content (AvgIpc) is 3.50. The molecule has 2 aromatic heterocycles. The van der Waals surface area contributed by atoms with Crippen molar-refractivity contribution in [3.63, 3.8) is 0 Å². The summed E-state index contributed by atoms with van der Waals surface area (Å²) in [5.41, 5.74) is 4.86. The van der Waals surface area contributed by atoms with Crippen molar-refractivity contribution in [2.75, 3.05) is 13.3 Å². The Balaban J connectivity index is 1.35. The Labute approximate surface area is 201 Å². The van der Waals surface area contributed by atoms with Crippen molar-refractivity contribution >= 4 is 22.7 Å². The fourth-order valence-electron chi connectivity index (χ4n) is 5.60. The Hall–Kier alpha value is -4.33. The molecule has 2 unspecified atom stereocenters. The number of nitrogens with one attached hydrogen (secondary N) is 1. The predicted octanol–water partition coefficient (Wildman–Crippen LogP) is 3.18. The fourth-order valence-corrected chi connectivity index (χ4v) is 5.60. The Morgan fingerprint density at radius 2 is 1.83 bits per heavy atom. The number of benzene rings is 2. The second-order valence-corrected chi connectivity index (χ2v) is 9.15. The van der Waals surface area contributed by atoms with E-state index in [2.05, 4.69) is 16.0 Å². The molecule has 7 rings (SSSR count). The fraction of sp³-hybridized carbons (Fsp3) is 0.222. The molecule has 1 saturated heterocycles. The molecule has 1 N–H and O–H groups in total. The van der Waals surface area contributed by atoms with E-state index in [0.717, 1.165) is 33.3 Å². The Kier molecular flexibility index (Phi) is 4.36. The van der Waals surface area contributed by atoms with Crippen molar-refractivity contribution in [3.8, 4) is 11.5 Å². The number of nitrogens with zero attached hydrogens (tertiary/aromatic N) is 3. The van der Waals surface area contributed by atoms with Crippen LogP contribution in [0.2, 0.25) is 0 Å². The highest BCUT2D eigenvalue weighted by molar-refractivity contribution is 5.97. The first-order valence-corrected chi connectivity index (χ1v) is 11.7. The molecule has 35 heavy (non-hydrogen) atoms. The Morgan fingerprint density at radius 3 is 2.71 bits per heavy atom. The first-order valence-electron chi connectivity index (χ1n) is 11.7. The third-order valence-corrected chi connectivity index (χ3v) is 7.18. The number of para-hydroxylation sites is 1. The maximum absolute atomic E-state index is 13.8. The van der Waals surface area contributed by atoms with Crippen LogP contribution in [0, 0.1) is 0 Å². The summed E-state index contributed by atoms with van der Waals surface area (Å²) < 4.78 is 11.1. The third kappa shape index (κ3) is 3.10. The third-order valence-electron chi connectivity index (χ3n) is 7.18. The number of ether oxygens (including phenoxy) is 2. The quantitative estimate of drug-likeness (QED) is 0.501. The summed E-state index contributed by atoms with van der Waals surface area (Å²) in [5, 5.41) is 1.08. The lowest BCUT2D eigenvalue weighted by Crippen LogP contribution is -2.62. The normalized spacial score (nSPS) is 20.8. The molecular formula is C27H22N4O4. The van der Waals surface area contributed by atoms with Gasteiger partial charge < -0.3 is 24.3 Å². The van der Waals surface area contributed by atoms with Crippen LogP contribution in [0.25, 0.3) is 10.9 Å². The van der Waals surface area contributed by atoms with E-state index < -0.39 is 12.1 Å². The van der Waals surface area contributed by atoms with Crippen LogP contribution in [0.1, 0.15) is 28.4 Å². The predicted molar refractivity (Wildman–Crippen MR) is 127 cm³/mol. The lowest BCUT2D eigenvalue weighted by Gasteiger charge is -2.47. The van der Waals surface area contributed by atoms with Crippen LogP contribution in [0.15, 0.2) is 67.0 Å². The zero-order chi connectivity index (χ0) is 23.5. The number of carbonyl (C=O) groups is 2. The van der Waals surface area contributed by atoms with Crippen molar-refractivity contribution in [1.82, 2.24) is 19.8 Å². The number of aromatic amines is 1. The van der Waals surface area contributed by atoms with E-state index in [-0.39, 0.29) is 25.2 Å². The first-order chi connectivity index (χ1) is 17.2. The topological polar surface area (TPSA) is 87.8 Å². The highest BCUT2D eigenvalue weighted by Crippen LogP contribution is 2.45. The van der Waals surface area contributed by atoms with Gasteiger partial charge in [-0.2, -0.15) is 0 Å². The molecule has 2 aromatic carbocycles. The summed E-state index contributed by atoms with van der Waals surface area (Å²) in [6, 6.07) is 16.6. The average molecular weight is 466 g/mol. The molecule has 3 aliphatic heterocycles. The standard InChI is InChI=1S/C27H22N4O4/c32-24-14-30(13-16-7-9-28-10-8-16)27(33)21-12-19-18-3-1-2-4-20(18)29-25(19)26(31(21)24)17-5-6-22-23(11-17)35-15-34-22/h1-11,21,26,29H,12-15H2. The molecule has 2 amide bonds. The monoisotopic (exact) mass is 466 g/mol. The van der Waals surface area contributed by atoms with E-state index in [1.54, 1.807) is 22.2 Å². The highest BCUT2D eigenvalue weighted by atomic mass is 16.7. The molecule has 174 valence electrons. The first kappa shape index (κ1) is 20.1. The molecule has 8 heteroatoms. The van der Waals surface area contributed by atoms with Gasteiger partial charge in [-0.25, -0.2) is 0 Å². The molecule has 0 aliphatic carbocycles. The maximum atomic E-state index is 13.8. The van der Waals surface area contributed by atoms with Crippen LogP contribution in [0.3, 0.4) is 0 Å². The van der Waals surface area contributed by atoms with E-state index in [9.17, 15) is 9.59 Å². The lowest BCUT2D eigenvalue weighted by atomic mass is 9.86. The van der Waals surface area contributed by atoms with Gasteiger partial charge in [0.15, 0.2) is 11.5 Å². The maximum Gasteiger partial charge on any atom is 0.246 e. The number of aromatic nitrogens is 2.